The van der Waals surface area contributed by atoms with Crippen molar-refractivity contribution in [1.29, 1.82) is 0 Å². The van der Waals surface area contributed by atoms with Gasteiger partial charge in [0, 0.05) is 61.1 Å². The van der Waals surface area contributed by atoms with Gasteiger partial charge in [0.25, 0.3) is 0 Å². The Morgan fingerprint density at radius 1 is 0.912 bits per heavy atom. The number of morpholine rings is 1. The number of anilines is 3. The summed E-state index contributed by atoms with van der Waals surface area (Å²) in [5, 5.41) is 6.13. The van der Waals surface area contributed by atoms with Crippen molar-refractivity contribution in [3.05, 3.63) is 58.6 Å². The fourth-order valence-electron chi connectivity index (χ4n) is 4.68. The van der Waals surface area contributed by atoms with Crippen LogP contribution >= 0.6 is 23.8 Å². The summed E-state index contributed by atoms with van der Waals surface area (Å²) in [6.45, 7) is 11.1. The number of fused-ring (bicyclic) bond motifs is 1. The summed E-state index contributed by atoms with van der Waals surface area (Å²) in [5.74, 6) is 1.03. The van der Waals surface area contributed by atoms with Crippen molar-refractivity contribution in [2.24, 2.45) is 0 Å². The molecule has 2 aromatic carbocycles. The van der Waals surface area contributed by atoms with Crippen molar-refractivity contribution in [2.75, 3.05) is 67.6 Å². The number of ether oxygens (including phenoxy) is 1. The third-order valence-corrected chi connectivity index (χ3v) is 7.26. The number of pyridine rings is 1. The predicted octanol–water partition coefficient (Wildman–Crippen LogP) is 4.86. The van der Waals surface area contributed by atoms with Crippen LogP contribution in [0.3, 0.4) is 0 Å². The highest BCUT2D eigenvalue weighted by Crippen LogP contribution is 2.27. The van der Waals surface area contributed by atoms with Crippen molar-refractivity contribution >= 4 is 57.0 Å². The van der Waals surface area contributed by atoms with E-state index in [1.165, 1.54) is 16.8 Å². The molecule has 0 saturated carbocycles. The first-order chi connectivity index (χ1) is 16.5. The number of aryl methyl sites for hydroxylation is 2. The second-order valence-corrected chi connectivity index (χ2v) is 9.79. The molecule has 1 aromatic heterocycles. The van der Waals surface area contributed by atoms with Crippen LogP contribution in [0, 0.1) is 13.8 Å². The van der Waals surface area contributed by atoms with E-state index < -0.39 is 0 Å². The SMILES string of the molecule is Cc1ccc(Cl)cc1N1CCN(C(=S)Nc2ccc3nc(N4CCOCC4)cc(C)c3c2)CC1. The molecule has 6 nitrogen and oxygen atoms in total. The molecule has 2 aliphatic heterocycles. The molecule has 0 atom stereocenters. The van der Waals surface area contributed by atoms with Crippen LogP contribution in [-0.4, -0.2) is 67.5 Å². The van der Waals surface area contributed by atoms with E-state index in [9.17, 15) is 0 Å². The molecule has 2 aliphatic rings. The summed E-state index contributed by atoms with van der Waals surface area (Å²) >= 11 is 12.0. The van der Waals surface area contributed by atoms with Crippen molar-refractivity contribution in [2.45, 2.75) is 13.8 Å². The van der Waals surface area contributed by atoms with Crippen LogP contribution in [0.5, 0.6) is 0 Å². The highest BCUT2D eigenvalue weighted by atomic mass is 35.5. The monoisotopic (exact) mass is 495 g/mol. The molecule has 34 heavy (non-hydrogen) atoms. The van der Waals surface area contributed by atoms with Gasteiger partial charge in [-0.25, -0.2) is 4.98 Å². The molecular weight excluding hydrogens is 466 g/mol. The summed E-state index contributed by atoms with van der Waals surface area (Å²) in [6.07, 6.45) is 0. The first kappa shape index (κ1) is 23.1. The average Bonchev–Trinajstić information content (AvgIpc) is 2.86. The van der Waals surface area contributed by atoms with Gasteiger partial charge in [-0.3, -0.25) is 0 Å². The molecule has 0 spiro atoms. The molecule has 5 rings (SSSR count). The summed E-state index contributed by atoms with van der Waals surface area (Å²) in [5.41, 5.74) is 5.67. The summed E-state index contributed by atoms with van der Waals surface area (Å²) in [7, 11) is 0. The molecular formula is C26H30ClN5OS. The zero-order valence-electron chi connectivity index (χ0n) is 19.7. The number of piperazine rings is 1. The lowest BCUT2D eigenvalue weighted by Gasteiger charge is -2.38. The Balaban J connectivity index is 1.25. The number of aromatic nitrogens is 1. The number of nitrogens with one attached hydrogen (secondary N) is 1. The maximum atomic E-state index is 6.23. The molecule has 0 unspecified atom stereocenters. The number of benzene rings is 2. The lowest BCUT2D eigenvalue weighted by atomic mass is 10.1. The molecule has 0 bridgehead atoms. The smallest absolute Gasteiger partial charge is 0.173 e. The van der Waals surface area contributed by atoms with Crippen LogP contribution in [-0.2, 0) is 4.74 Å². The summed E-state index contributed by atoms with van der Waals surface area (Å²) in [6, 6.07) is 14.5. The topological polar surface area (TPSA) is 43.9 Å². The summed E-state index contributed by atoms with van der Waals surface area (Å²) in [4.78, 5) is 11.8. The van der Waals surface area contributed by atoms with E-state index in [1.807, 2.05) is 6.07 Å². The Hall–Kier alpha value is -2.61. The van der Waals surface area contributed by atoms with Crippen LogP contribution < -0.4 is 15.1 Å². The third kappa shape index (κ3) is 4.92. The van der Waals surface area contributed by atoms with Crippen molar-refractivity contribution in [3.63, 3.8) is 0 Å². The number of nitrogens with zero attached hydrogens (tertiary/aromatic N) is 4. The minimum atomic E-state index is 0.756. The first-order valence-corrected chi connectivity index (χ1v) is 12.6. The van der Waals surface area contributed by atoms with Crippen LogP contribution in [0.1, 0.15) is 11.1 Å². The zero-order chi connectivity index (χ0) is 23.7. The van der Waals surface area contributed by atoms with E-state index in [4.69, 9.17) is 33.5 Å². The largest absolute Gasteiger partial charge is 0.378 e. The van der Waals surface area contributed by atoms with Crippen molar-refractivity contribution in [3.8, 4) is 0 Å². The van der Waals surface area contributed by atoms with E-state index in [1.54, 1.807) is 0 Å². The van der Waals surface area contributed by atoms with Crippen molar-refractivity contribution < 1.29 is 4.74 Å². The minimum Gasteiger partial charge on any atom is -0.378 e. The Bertz CT molecular complexity index is 1210. The van der Waals surface area contributed by atoms with Crippen LogP contribution in [0.15, 0.2) is 42.5 Å². The normalized spacial score (nSPS) is 16.7. The molecule has 1 N–H and O–H groups in total. The number of hydrogen-bond acceptors (Lipinski definition) is 5. The highest BCUT2D eigenvalue weighted by molar-refractivity contribution is 7.80. The minimum absolute atomic E-state index is 0.756. The number of thiocarbonyl (C=S) groups is 1. The van der Waals surface area contributed by atoms with Gasteiger partial charge < -0.3 is 24.8 Å². The quantitative estimate of drug-likeness (QED) is 0.520. The van der Waals surface area contributed by atoms with E-state index in [0.717, 1.165) is 85.0 Å². The van der Waals surface area contributed by atoms with Gasteiger partial charge in [-0.2, -0.15) is 0 Å². The van der Waals surface area contributed by atoms with E-state index in [0.29, 0.717) is 0 Å². The van der Waals surface area contributed by atoms with E-state index in [-0.39, 0.29) is 0 Å². The van der Waals surface area contributed by atoms with Gasteiger partial charge in [0.2, 0.25) is 0 Å². The zero-order valence-corrected chi connectivity index (χ0v) is 21.3. The Morgan fingerprint density at radius 2 is 1.68 bits per heavy atom. The van der Waals surface area contributed by atoms with Crippen LogP contribution in [0.25, 0.3) is 10.9 Å². The molecule has 0 aliphatic carbocycles. The first-order valence-electron chi connectivity index (χ1n) is 11.8. The third-order valence-electron chi connectivity index (χ3n) is 6.67. The average molecular weight is 496 g/mol. The lowest BCUT2D eigenvalue weighted by molar-refractivity contribution is 0.122. The predicted molar refractivity (Wildman–Crippen MR) is 146 cm³/mol. The molecule has 178 valence electrons. The molecule has 3 heterocycles. The lowest BCUT2D eigenvalue weighted by Crippen LogP contribution is -2.50. The Labute approximate surface area is 211 Å². The van der Waals surface area contributed by atoms with Gasteiger partial charge in [-0.15, -0.1) is 0 Å². The van der Waals surface area contributed by atoms with Crippen molar-refractivity contribution in [1.82, 2.24) is 9.88 Å². The molecule has 8 heteroatoms. The van der Waals surface area contributed by atoms with E-state index in [2.05, 4.69) is 70.3 Å². The fourth-order valence-corrected chi connectivity index (χ4v) is 5.15. The molecule has 3 aromatic rings. The van der Waals surface area contributed by atoms with Gasteiger partial charge >= 0.3 is 0 Å². The standard InChI is InChI=1S/C26H30ClN5OS/c1-18-3-4-20(27)16-24(18)30-7-9-32(10-8-30)26(34)28-21-5-6-23-22(17-21)19(2)15-25(29-23)31-11-13-33-14-12-31/h3-6,15-17H,7-14H2,1-2H3,(H,28,34). The Morgan fingerprint density at radius 3 is 2.44 bits per heavy atom. The van der Waals surface area contributed by atoms with Gasteiger partial charge in [0.1, 0.15) is 5.82 Å². The van der Waals surface area contributed by atoms with E-state index >= 15 is 0 Å². The Kier molecular flexibility index (Phi) is 6.77. The second-order valence-electron chi connectivity index (χ2n) is 8.96. The highest BCUT2D eigenvalue weighted by Gasteiger charge is 2.21. The van der Waals surface area contributed by atoms with Crippen LogP contribution in [0.4, 0.5) is 17.2 Å². The van der Waals surface area contributed by atoms with Gasteiger partial charge in [-0.05, 0) is 73.6 Å². The number of halogens is 1. The number of hydrogen-bond donors (Lipinski definition) is 1. The molecule has 2 fully saturated rings. The maximum Gasteiger partial charge on any atom is 0.173 e. The molecule has 0 amide bonds. The molecule has 2 saturated heterocycles. The van der Waals surface area contributed by atoms with Crippen LogP contribution in [0.2, 0.25) is 5.02 Å². The van der Waals surface area contributed by atoms with Gasteiger partial charge in [0.15, 0.2) is 5.11 Å². The maximum absolute atomic E-state index is 6.23. The number of rotatable bonds is 3. The molecule has 0 radical (unpaired) electrons. The summed E-state index contributed by atoms with van der Waals surface area (Å²) < 4.78 is 5.48. The van der Waals surface area contributed by atoms with Gasteiger partial charge in [-0.1, -0.05) is 17.7 Å². The fraction of sp³-hybridized carbons (Fsp3) is 0.385. The van der Waals surface area contributed by atoms with Gasteiger partial charge in [0.05, 0.1) is 18.7 Å². The second kappa shape index (κ2) is 9.94.